The van der Waals surface area contributed by atoms with Gasteiger partial charge in [-0.15, -0.1) is 0 Å². The van der Waals surface area contributed by atoms with Gasteiger partial charge in [0.1, 0.15) is 19.3 Å². The van der Waals surface area contributed by atoms with Gasteiger partial charge in [0.25, 0.3) is 0 Å². The minimum Gasteiger partial charge on any atom is -0.462 e. The SMILES string of the molecule is CCCCCCCCCCCCCCC(=O)O[C@H](COC(=O)CCCCCCC)COP(=O)(O)OC[C@H](O)COP(=O)(O)OC[C@@H](COC(=O)CCCCCCCCCCC(C)CC)OC(=O)CCCCCCCCCCCCC(C)C. The van der Waals surface area contributed by atoms with Gasteiger partial charge in [0.2, 0.25) is 0 Å². The zero-order valence-corrected chi connectivity index (χ0v) is 54.6. The van der Waals surface area contributed by atoms with Gasteiger partial charge in [0.15, 0.2) is 12.2 Å². The summed E-state index contributed by atoms with van der Waals surface area (Å²) < 4.78 is 67.8. The number of hydrogen-bond acceptors (Lipinski definition) is 15. The van der Waals surface area contributed by atoms with Gasteiger partial charge in [-0.25, -0.2) is 9.13 Å². The fourth-order valence-electron chi connectivity index (χ4n) is 9.32. The molecule has 0 rings (SSSR count). The number of unbranched alkanes of at least 4 members (excludes halogenated alkanes) is 31. The van der Waals surface area contributed by atoms with Crippen LogP contribution in [0.1, 0.15) is 311 Å². The summed E-state index contributed by atoms with van der Waals surface area (Å²) in [6.45, 7) is 9.40. The van der Waals surface area contributed by atoms with Crippen molar-refractivity contribution in [3.8, 4) is 0 Å². The third-order valence-corrected chi connectivity index (χ3v) is 16.7. The summed E-state index contributed by atoms with van der Waals surface area (Å²) in [4.78, 5) is 72.0. The Labute approximate surface area is 498 Å². The number of phosphoric acid groups is 2. The normalized spacial score (nSPS) is 14.7. The highest BCUT2D eigenvalue weighted by atomic mass is 31.2. The van der Waals surface area contributed by atoms with Crippen LogP contribution in [0.4, 0.5) is 0 Å². The average molecular weight is 1210 g/mol. The molecule has 0 spiro atoms. The highest BCUT2D eigenvalue weighted by Gasteiger charge is 2.30. The number of ether oxygens (including phenoxy) is 4. The van der Waals surface area contributed by atoms with Crippen LogP contribution in [0.25, 0.3) is 0 Å². The lowest BCUT2D eigenvalue weighted by Gasteiger charge is -2.21. The van der Waals surface area contributed by atoms with E-state index in [2.05, 4.69) is 41.5 Å². The number of phosphoric ester groups is 2. The minimum absolute atomic E-state index is 0.105. The van der Waals surface area contributed by atoms with Crippen molar-refractivity contribution in [1.82, 2.24) is 0 Å². The van der Waals surface area contributed by atoms with Crippen molar-refractivity contribution in [3.05, 3.63) is 0 Å². The monoisotopic (exact) mass is 1210 g/mol. The first-order chi connectivity index (χ1) is 39.4. The summed E-state index contributed by atoms with van der Waals surface area (Å²) in [5.74, 6) is -0.615. The van der Waals surface area contributed by atoms with E-state index in [0.29, 0.717) is 25.7 Å². The van der Waals surface area contributed by atoms with Gasteiger partial charge in [-0.1, -0.05) is 260 Å². The molecule has 0 amide bonds. The first kappa shape index (κ1) is 80.1. The molecule has 82 heavy (non-hydrogen) atoms. The molecule has 486 valence electrons. The number of rotatable bonds is 62. The topological polar surface area (TPSA) is 237 Å². The number of carbonyl (C=O) groups excluding carboxylic acids is 4. The molecule has 0 aromatic carbocycles. The van der Waals surface area contributed by atoms with Gasteiger partial charge >= 0.3 is 39.5 Å². The van der Waals surface area contributed by atoms with E-state index in [4.69, 9.17) is 37.0 Å². The summed E-state index contributed by atoms with van der Waals surface area (Å²) >= 11 is 0. The molecule has 0 radical (unpaired) electrons. The van der Waals surface area contributed by atoms with Crippen LogP contribution in [-0.2, 0) is 65.4 Å². The Morgan fingerprint density at radius 1 is 0.354 bits per heavy atom. The zero-order chi connectivity index (χ0) is 60.8. The highest BCUT2D eigenvalue weighted by Crippen LogP contribution is 2.45. The van der Waals surface area contributed by atoms with Gasteiger partial charge < -0.3 is 33.8 Å². The average Bonchev–Trinajstić information content (AvgIpc) is 3.45. The van der Waals surface area contributed by atoms with E-state index < -0.39 is 97.5 Å². The molecule has 3 unspecified atom stereocenters. The predicted molar refractivity (Wildman–Crippen MR) is 326 cm³/mol. The predicted octanol–water partition coefficient (Wildman–Crippen LogP) is 17.3. The molecule has 0 aliphatic carbocycles. The van der Waals surface area contributed by atoms with Crippen LogP contribution in [0.5, 0.6) is 0 Å². The summed E-state index contributed by atoms with van der Waals surface area (Å²) in [5, 5.41) is 10.5. The molecule has 0 aromatic heterocycles. The van der Waals surface area contributed by atoms with Gasteiger partial charge in [-0.2, -0.15) is 0 Å². The molecular weight excluding hydrogens is 1090 g/mol. The molecule has 0 aromatic rings. The minimum atomic E-state index is -4.94. The van der Waals surface area contributed by atoms with E-state index in [1.54, 1.807) is 0 Å². The summed E-state index contributed by atoms with van der Waals surface area (Å²) in [7, 11) is -9.88. The Hall–Kier alpha value is -1.94. The van der Waals surface area contributed by atoms with Gasteiger partial charge in [-0.3, -0.25) is 37.3 Å². The van der Waals surface area contributed by atoms with E-state index >= 15 is 0 Å². The number of carbonyl (C=O) groups is 4. The maximum atomic E-state index is 13.0. The molecule has 17 nitrogen and oxygen atoms in total. The largest absolute Gasteiger partial charge is 0.472 e. The molecular formula is C63H122O17P2. The van der Waals surface area contributed by atoms with Crippen LogP contribution >= 0.6 is 15.6 Å². The number of hydrogen-bond donors (Lipinski definition) is 3. The number of aliphatic hydroxyl groups is 1. The molecule has 0 saturated carbocycles. The molecule has 0 saturated heterocycles. The zero-order valence-electron chi connectivity index (χ0n) is 52.8. The van der Waals surface area contributed by atoms with Crippen molar-refractivity contribution in [2.45, 2.75) is 330 Å². The van der Waals surface area contributed by atoms with Crippen LogP contribution in [0, 0.1) is 11.8 Å². The Balaban J connectivity index is 5.19. The van der Waals surface area contributed by atoms with E-state index in [-0.39, 0.29) is 25.7 Å². The standard InChI is InChI=1S/C63H122O17P2/c1-7-10-12-14-15-16-17-18-22-29-35-41-47-62(67)79-58(51-73-60(65)45-39-31-13-11-8-2)53-77-81(69,70)75-49-57(64)50-76-82(71,72)78-54-59(52-74-61(66)46-40-34-28-25-24-27-33-38-44-56(6)9-3)80-63(68)48-42-36-30-23-20-19-21-26-32-37-43-55(4)5/h55-59,64H,7-54H2,1-6H3,(H,69,70)(H,71,72)/t56?,57-,58+,59+/m0/s1. The Bertz CT molecular complexity index is 1620. The third kappa shape index (κ3) is 55.9. The van der Waals surface area contributed by atoms with Crippen LogP contribution < -0.4 is 0 Å². The number of aliphatic hydroxyl groups excluding tert-OH is 1. The molecule has 19 heteroatoms. The summed E-state index contributed by atoms with van der Waals surface area (Å²) in [6, 6.07) is 0. The van der Waals surface area contributed by atoms with Gasteiger partial charge in [0.05, 0.1) is 26.4 Å². The van der Waals surface area contributed by atoms with Crippen molar-refractivity contribution >= 4 is 39.5 Å². The van der Waals surface area contributed by atoms with E-state index in [1.165, 1.54) is 122 Å². The van der Waals surface area contributed by atoms with Gasteiger partial charge in [0, 0.05) is 25.7 Å². The maximum absolute atomic E-state index is 13.0. The Kier molecular flexibility index (Phi) is 54.3. The van der Waals surface area contributed by atoms with Crippen LogP contribution in [0.2, 0.25) is 0 Å². The molecule has 0 heterocycles. The third-order valence-electron chi connectivity index (χ3n) is 14.8. The van der Waals surface area contributed by atoms with E-state index in [0.717, 1.165) is 108 Å². The van der Waals surface area contributed by atoms with Crippen molar-refractivity contribution in [2.75, 3.05) is 39.6 Å². The lowest BCUT2D eigenvalue weighted by atomic mass is 9.99. The first-order valence-corrected chi connectivity index (χ1v) is 36.0. The Morgan fingerprint density at radius 3 is 0.927 bits per heavy atom. The lowest BCUT2D eigenvalue weighted by molar-refractivity contribution is -0.161. The lowest BCUT2D eigenvalue weighted by Crippen LogP contribution is -2.30. The van der Waals surface area contributed by atoms with Crippen LogP contribution in [-0.4, -0.2) is 96.7 Å². The second-order valence-electron chi connectivity index (χ2n) is 23.5. The fourth-order valence-corrected chi connectivity index (χ4v) is 10.9. The highest BCUT2D eigenvalue weighted by molar-refractivity contribution is 7.47. The van der Waals surface area contributed by atoms with E-state index in [9.17, 15) is 43.2 Å². The summed E-state index contributed by atoms with van der Waals surface area (Å²) in [5.41, 5.74) is 0. The molecule has 3 N–H and O–H groups in total. The van der Waals surface area contributed by atoms with Gasteiger partial charge in [-0.05, 0) is 37.5 Å². The molecule has 0 fully saturated rings. The van der Waals surface area contributed by atoms with Crippen molar-refractivity contribution in [1.29, 1.82) is 0 Å². The molecule has 6 atom stereocenters. The van der Waals surface area contributed by atoms with Crippen molar-refractivity contribution in [3.63, 3.8) is 0 Å². The van der Waals surface area contributed by atoms with Crippen LogP contribution in [0.3, 0.4) is 0 Å². The summed E-state index contributed by atoms with van der Waals surface area (Å²) in [6.07, 6.45) is 37.8. The first-order valence-electron chi connectivity index (χ1n) is 33.0. The smallest absolute Gasteiger partial charge is 0.462 e. The number of esters is 4. The van der Waals surface area contributed by atoms with E-state index in [1.807, 2.05) is 0 Å². The quantitative estimate of drug-likeness (QED) is 0.0222. The fraction of sp³-hybridized carbons (Fsp3) is 0.937. The Morgan fingerprint density at radius 2 is 0.622 bits per heavy atom. The second kappa shape index (κ2) is 55.6. The molecule has 0 aliphatic rings. The second-order valence-corrected chi connectivity index (χ2v) is 26.4. The molecule has 0 aliphatic heterocycles. The molecule has 0 bridgehead atoms. The van der Waals surface area contributed by atoms with Crippen LogP contribution in [0.15, 0.2) is 0 Å². The van der Waals surface area contributed by atoms with Crippen molar-refractivity contribution in [2.24, 2.45) is 11.8 Å². The maximum Gasteiger partial charge on any atom is 0.472 e. The van der Waals surface area contributed by atoms with Crippen molar-refractivity contribution < 1.29 is 80.2 Å².